The molecule has 1 heterocycles. The van der Waals surface area contributed by atoms with Crippen LogP contribution in [0.25, 0.3) is 0 Å². The van der Waals surface area contributed by atoms with E-state index in [1.165, 1.54) is 17.2 Å². The average Bonchev–Trinajstić information content (AvgIpc) is 2.59. The van der Waals surface area contributed by atoms with E-state index < -0.39 is 0 Å². The molecule has 1 atom stereocenters. The summed E-state index contributed by atoms with van der Waals surface area (Å²) in [4.78, 5) is 4.43. The topological polar surface area (TPSA) is 24.9 Å². The first-order chi connectivity index (χ1) is 6.76. The molecule has 0 radical (unpaired) electrons. The zero-order chi connectivity index (χ0) is 10.4. The van der Waals surface area contributed by atoms with Gasteiger partial charge in [-0.05, 0) is 20.4 Å². The van der Waals surface area contributed by atoms with E-state index in [9.17, 15) is 0 Å². The third kappa shape index (κ3) is 3.98. The molecule has 0 spiro atoms. The molecular weight excluding hydrogens is 212 g/mol. The molecule has 0 aliphatic heterocycles. The Morgan fingerprint density at radius 2 is 2.43 bits per heavy atom. The van der Waals surface area contributed by atoms with Gasteiger partial charge in [0, 0.05) is 22.9 Å². The van der Waals surface area contributed by atoms with Gasteiger partial charge in [0.15, 0.2) is 0 Å². The first kappa shape index (κ1) is 12.0. The Morgan fingerprint density at radius 1 is 1.64 bits per heavy atom. The fourth-order valence-electron chi connectivity index (χ4n) is 1.23. The molecule has 0 aromatic carbocycles. The summed E-state index contributed by atoms with van der Waals surface area (Å²) in [5, 5.41) is 5.44. The minimum atomic E-state index is 0.620. The van der Waals surface area contributed by atoms with Crippen molar-refractivity contribution in [3.05, 3.63) is 11.1 Å². The second-order valence-electron chi connectivity index (χ2n) is 3.34. The molecule has 0 fully saturated rings. The SMILES string of the molecule is CCCC(CSc1nc(C)cs1)NC. The van der Waals surface area contributed by atoms with E-state index >= 15 is 0 Å². The Bertz CT molecular complexity index is 260. The molecular formula is C10H18N2S2. The van der Waals surface area contributed by atoms with Crippen molar-refractivity contribution in [1.29, 1.82) is 0 Å². The van der Waals surface area contributed by atoms with E-state index in [2.05, 4.69) is 22.6 Å². The number of hydrogen-bond donors (Lipinski definition) is 1. The minimum absolute atomic E-state index is 0.620. The van der Waals surface area contributed by atoms with Crippen molar-refractivity contribution in [3.63, 3.8) is 0 Å². The van der Waals surface area contributed by atoms with E-state index in [0.717, 1.165) is 11.4 Å². The third-order valence-electron chi connectivity index (χ3n) is 2.05. The van der Waals surface area contributed by atoms with E-state index in [1.807, 2.05) is 25.7 Å². The molecule has 1 rings (SSSR count). The van der Waals surface area contributed by atoms with Gasteiger partial charge in [0.25, 0.3) is 0 Å². The molecule has 0 aliphatic rings. The van der Waals surface area contributed by atoms with Gasteiger partial charge < -0.3 is 5.32 Å². The lowest BCUT2D eigenvalue weighted by Crippen LogP contribution is -2.27. The van der Waals surface area contributed by atoms with E-state index in [-0.39, 0.29) is 0 Å². The highest BCUT2D eigenvalue weighted by atomic mass is 32.2. The van der Waals surface area contributed by atoms with Crippen molar-refractivity contribution >= 4 is 23.1 Å². The first-order valence-corrected chi connectivity index (χ1v) is 6.85. The van der Waals surface area contributed by atoms with Crippen molar-refractivity contribution in [2.24, 2.45) is 0 Å². The van der Waals surface area contributed by atoms with Crippen LogP contribution in [0.3, 0.4) is 0 Å². The Morgan fingerprint density at radius 3 is 2.93 bits per heavy atom. The van der Waals surface area contributed by atoms with Crippen molar-refractivity contribution in [3.8, 4) is 0 Å². The lowest BCUT2D eigenvalue weighted by molar-refractivity contribution is 0.564. The van der Waals surface area contributed by atoms with Crippen LogP contribution in [0.2, 0.25) is 0 Å². The monoisotopic (exact) mass is 230 g/mol. The van der Waals surface area contributed by atoms with Crippen LogP contribution in [0.5, 0.6) is 0 Å². The molecule has 1 aromatic heterocycles. The number of aromatic nitrogens is 1. The van der Waals surface area contributed by atoms with Crippen molar-refractivity contribution < 1.29 is 0 Å². The Hall–Kier alpha value is -0.0600. The van der Waals surface area contributed by atoms with Gasteiger partial charge in [0.2, 0.25) is 0 Å². The summed E-state index contributed by atoms with van der Waals surface area (Å²) in [6.07, 6.45) is 2.48. The number of hydrogen-bond acceptors (Lipinski definition) is 4. The summed E-state index contributed by atoms with van der Waals surface area (Å²) in [6.45, 7) is 4.27. The zero-order valence-corrected chi connectivity index (χ0v) is 10.7. The maximum absolute atomic E-state index is 4.43. The van der Waals surface area contributed by atoms with Gasteiger partial charge in [0.05, 0.1) is 0 Å². The maximum atomic E-state index is 4.43. The van der Waals surface area contributed by atoms with Crippen LogP contribution in [-0.2, 0) is 0 Å². The highest BCUT2D eigenvalue weighted by molar-refractivity contribution is 8.01. The first-order valence-electron chi connectivity index (χ1n) is 4.98. The normalized spacial score (nSPS) is 13.1. The molecule has 14 heavy (non-hydrogen) atoms. The summed E-state index contributed by atoms with van der Waals surface area (Å²) >= 11 is 3.60. The Kier molecular flexibility index (Phi) is 5.52. The molecule has 0 aliphatic carbocycles. The quantitative estimate of drug-likeness (QED) is 0.761. The molecule has 1 aromatic rings. The van der Waals surface area contributed by atoms with Crippen LogP contribution in [-0.4, -0.2) is 23.8 Å². The largest absolute Gasteiger partial charge is 0.316 e. The van der Waals surface area contributed by atoms with Gasteiger partial charge >= 0.3 is 0 Å². The number of aryl methyl sites for hydroxylation is 1. The van der Waals surface area contributed by atoms with Crippen LogP contribution >= 0.6 is 23.1 Å². The van der Waals surface area contributed by atoms with Crippen LogP contribution in [0.1, 0.15) is 25.5 Å². The Balaban J connectivity index is 2.31. The number of rotatable bonds is 6. The highest BCUT2D eigenvalue weighted by Gasteiger charge is 2.06. The smallest absolute Gasteiger partial charge is 0.150 e. The lowest BCUT2D eigenvalue weighted by atomic mass is 10.2. The van der Waals surface area contributed by atoms with Gasteiger partial charge in [-0.25, -0.2) is 4.98 Å². The van der Waals surface area contributed by atoms with Crippen LogP contribution in [0, 0.1) is 6.92 Å². The molecule has 2 nitrogen and oxygen atoms in total. The van der Waals surface area contributed by atoms with Gasteiger partial charge in [-0.1, -0.05) is 25.1 Å². The molecule has 0 amide bonds. The fourth-order valence-corrected chi connectivity index (χ4v) is 3.26. The van der Waals surface area contributed by atoms with Gasteiger partial charge in [0.1, 0.15) is 4.34 Å². The minimum Gasteiger partial charge on any atom is -0.316 e. The molecule has 0 saturated carbocycles. The summed E-state index contributed by atoms with van der Waals surface area (Å²) in [5.41, 5.74) is 1.13. The summed E-state index contributed by atoms with van der Waals surface area (Å²) in [7, 11) is 2.04. The zero-order valence-electron chi connectivity index (χ0n) is 9.04. The summed E-state index contributed by atoms with van der Waals surface area (Å²) in [5.74, 6) is 1.12. The summed E-state index contributed by atoms with van der Waals surface area (Å²) < 4.78 is 1.19. The highest BCUT2D eigenvalue weighted by Crippen LogP contribution is 2.23. The average molecular weight is 230 g/mol. The van der Waals surface area contributed by atoms with Crippen molar-refractivity contribution in [2.45, 2.75) is 37.1 Å². The second-order valence-corrected chi connectivity index (χ2v) is 5.47. The summed E-state index contributed by atoms with van der Waals surface area (Å²) in [6, 6.07) is 0.620. The van der Waals surface area contributed by atoms with Crippen LogP contribution in [0.4, 0.5) is 0 Å². The Labute approximate surface area is 94.5 Å². The molecule has 80 valence electrons. The second kappa shape index (κ2) is 6.43. The molecule has 0 bridgehead atoms. The number of thioether (sulfide) groups is 1. The predicted molar refractivity (Wildman–Crippen MR) is 65.3 cm³/mol. The van der Waals surface area contributed by atoms with Crippen LogP contribution < -0.4 is 5.32 Å². The standard InChI is InChI=1S/C10H18N2S2/c1-4-5-9(11-3)7-14-10-12-8(2)6-13-10/h6,9,11H,4-5,7H2,1-3H3. The number of thiazole rings is 1. The van der Waals surface area contributed by atoms with Gasteiger partial charge in [-0.3, -0.25) is 0 Å². The predicted octanol–water partition coefficient (Wildman–Crippen LogP) is 2.93. The fraction of sp³-hybridized carbons (Fsp3) is 0.700. The van der Waals surface area contributed by atoms with Crippen LogP contribution in [0.15, 0.2) is 9.72 Å². The van der Waals surface area contributed by atoms with E-state index in [4.69, 9.17) is 0 Å². The van der Waals surface area contributed by atoms with Gasteiger partial charge in [-0.15, -0.1) is 11.3 Å². The molecule has 4 heteroatoms. The number of nitrogens with zero attached hydrogens (tertiary/aromatic N) is 1. The maximum Gasteiger partial charge on any atom is 0.150 e. The van der Waals surface area contributed by atoms with E-state index in [1.54, 1.807) is 11.3 Å². The molecule has 1 unspecified atom stereocenters. The molecule has 0 saturated heterocycles. The van der Waals surface area contributed by atoms with Crippen molar-refractivity contribution in [1.82, 2.24) is 10.3 Å². The lowest BCUT2D eigenvalue weighted by Gasteiger charge is -2.13. The van der Waals surface area contributed by atoms with Crippen molar-refractivity contribution in [2.75, 3.05) is 12.8 Å². The van der Waals surface area contributed by atoms with E-state index in [0.29, 0.717) is 6.04 Å². The van der Waals surface area contributed by atoms with Gasteiger partial charge in [-0.2, -0.15) is 0 Å². The molecule has 1 N–H and O–H groups in total. The third-order valence-corrected chi connectivity index (χ3v) is 4.35. The number of nitrogens with one attached hydrogen (secondary N) is 1.